The van der Waals surface area contributed by atoms with Gasteiger partial charge in [-0.05, 0) is 13.0 Å². The minimum Gasteiger partial charge on any atom is -0.501 e. The molecule has 1 aromatic rings. The van der Waals surface area contributed by atoms with Crippen LogP contribution in [0.2, 0.25) is 0 Å². The summed E-state index contributed by atoms with van der Waals surface area (Å²) in [6.07, 6.45) is 6.39. The molecule has 0 amide bonds. The maximum Gasteiger partial charge on any atom is 0.151 e. The molecule has 1 heterocycles. The van der Waals surface area contributed by atoms with Gasteiger partial charge < -0.3 is 4.74 Å². The van der Waals surface area contributed by atoms with Crippen molar-refractivity contribution in [2.75, 3.05) is 11.4 Å². The number of rotatable bonds is 4. The highest BCUT2D eigenvalue weighted by Crippen LogP contribution is 2.12. The molecule has 4 nitrogen and oxygen atoms in total. The zero-order valence-corrected chi connectivity index (χ0v) is 7.95. The average molecular weight is 200 g/mol. The lowest BCUT2D eigenvalue weighted by molar-refractivity contribution is 0.272. The highest BCUT2D eigenvalue weighted by Gasteiger charge is 1.97. The smallest absolute Gasteiger partial charge is 0.151 e. The van der Waals surface area contributed by atoms with E-state index < -0.39 is 0 Å². The molecule has 0 aliphatic heterocycles. The molecule has 0 bridgehead atoms. The summed E-state index contributed by atoms with van der Waals surface area (Å²) in [5.74, 6) is 0.563. The first-order chi connectivity index (χ1) is 6.38. The van der Waals surface area contributed by atoms with Crippen molar-refractivity contribution in [3.63, 3.8) is 0 Å². The Bertz CT molecular complexity index is 290. The number of anilines is 1. The minimum atomic E-state index is 0.563. The molecular formula is C8H10ClN3O. The number of hydrogen-bond acceptors (Lipinski definition) is 4. The Morgan fingerprint density at radius 1 is 1.69 bits per heavy atom. The fraction of sp³-hybridized carbons (Fsp3) is 0.250. The summed E-state index contributed by atoms with van der Waals surface area (Å²) in [6, 6.07) is 0. The Kier molecular flexibility index (Phi) is 4.05. The lowest BCUT2D eigenvalue weighted by Crippen LogP contribution is -1.91. The summed E-state index contributed by atoms with van der Waals surface area (Å²) in [6.45, 7) is 2.54. The molecule has 70 valence electrons. The lowest BCUT2D eigenvalue weighted by Gasteiger charge is -1.99. The second kappa shape index (κ2) is 5.37. The molecule has 13 heavy (non-hydrogen) atoms. The van der Waals surface area contributed by atoms with E-state index in [1.807, 2.05) is 6.92 Å². The van der Waals surface area contributed by atoms with Crippen LogP contribution in [-0.4, -0.2) is 16.6 Å². The van der Waals surface area contributed by atoms with Gasteiger partial charge in [-0.15, -0.1) is 0 Å². The molecular weight excluding hydrogens is 190 g/mol. The monoisotopic (exact) mass is 199 g/mol. The third kappa shape index (κ3) is 2.91. The Labute approximate surface area is 81.7 Å². The van der Waals surface area contributed by atoms with Gasteiger partial charge in [-0.3, -0.25) is 4.84 Å². The summed E-state index contributed by atoms with van der Waals surface area (Å²) in [4.78, 5) is 10.2. The topological polar surface area (TPSA) is 47.0 Å². The fourth-order valence-corrected chi connectivity index (χ4v) is 0.917. The van der Waals surface area contributed by atoms with E-state index in [0.717, 1.165) is 5.56 Å². The van der Waals surface area contributed by atoms with Gasteiger partial charge in [-0.2, -0.15) is 0 Å². The zero-order valence-electron chi connectivity index (χ0n) is 7.20. The first-order valence-corrected chi connectivity index (χ1v) is 4.21. The van der Waals surface area contributed by atoms with Crippen LogP contribution < -0.4 is 4.84 Å². The first-order valence-electron chi connectivity index (χ1n) is 3.83. The highest BCUT2D eigenvalue weighted by molar-refractivity contribution is 6.24. The largest absolute Gasteiger partial charge is 0.501 e. The standard InChI is InChI=1S/C8H10ClN3O/c1-2-13-4-3-7-5-10-6-11-8(7)12-9/h3-6H,2H2,1H3,(H,10,11,12). The molecule has 0 saturated heterocycles. The van der Waals surface area contributed by atoms with Crippen molar-refractivity contribution in [1.82, 2.24) is 9.97 Å². The number of hydrogen-bond donors (Lipinski definition) is 1. The maximum atomic E-state index is 5.43. The third-order valence-electron chi connectivity index (χ3n) is 1.34. The molecule has 0 radical (unpaired) electrons. The van der Waals surface area contributed by atoms with Gasteiger partial charge in [0.25, 0.3) is 0 Å². The number of nitrogens with one attached hydrogen (secondary N) is 1. The number of nitrogens with zero attached hydrogens (tertiary/aromatic N) is 2. The van der Waals surface area contributed by atoms with Gasteiger partial charge in [0.2, 0.25) is 0 Å². The number of ether oxygens (including phenoxy) is 1. The molecule has 0 saturated carbocycles. The van der Waals surface area contributed by atoms with Gasteiger partial charge in [0.15, 0.2) is 5.82 Å². The van der Waals surface area contributed by atoms with Crippen LogP contribution in [0.5, 0.6) is 0 Å². The minimum absolute atomic E-state index is 0.563. The molecule has 1 rings (SSSR count). The predicted octanol–water partition coefficient (Wildman–Crippen LogP) is 2.05. The molecule has 0 aromatic carbocycles. The van der Waals surface area contributed by atoms with Crippen molar-refractivity contribution < 1.29 is 4.74 Å². The lowest BCUT2D eigenvalue weighted by atomic mass is 10.3. The Hall–Kier alpha value is -1.29. The molecule has 0 aliphatic rings. The third-order valence-corrected chi connectivity index (χ3v) is 1.52. The van der Waals surface area contributed by atoms with Crippen molar-refractivity contribution in [2.24, 2.45) is 0 Å². The van der Waals surface area contributed by atoms with E-state index in [9.17, 15) is 0 Å². The fourth-order valence-electron chi connectivity index (χ4n) is 0.759. The van der Waals surface area contributed by atoms with Crippen molar-refractivity contribution >= 4 is 23.7 Å². The molecule has 1 aromatic heterocycles. The van der Waals surface area contributed by atoms with Gasteiger partial charge in [-0.25, -0.2) is 9.97 Å². The van der Waals surface area contributed by atoms with Crippen LogP contribution in [0.4, 0.5) is 5.82 Å². The Morgan fingerprint density at radius 3 is 3.23 bits per heavy atom. The van der Waals surface area contributed by atoms with E-state index in [1.165, 1.54) is 6.33 Å². The van der Waals surface area contributed by atoms with Crippen LogP contribution in [0.3, 0.4) is 0 Å². The van der Waals surface area contributed by atoms with Crippen molar-refractivity contribution in [2.45, 2.75) is 6.92 Å². The van der Waals surface area contributed by atoms with E-state index in [1.54, 1.807) is 18.5 Å². The van der Waals surface area contributed by atoms with E-state index in [2.05, 4.69) is 14.8 Å². The summed E-state index contributed by atoms with van der Waals surface area (Å²) in [5.41, 5.74) is 0.783. The number of aromatic nitrogens is 2. The number of halogens is 1. The van der Waals surface area contributed by atoms with Crippen LogP contribution in [0.25, 0.3) is 6.08 Å². The van der Waals surface area contributed by atoms with Gasteiger partial charge in [0.1, 0.15) is 6.33 Å². The van der Waals surface area contributed by atoms with E-state index >= 15 is 0 Å². The quantitative estimate of drug-likeness (QED) is 0.596. The predicted molar refractivity (Wildman–Crippen MR) is 52.2 cm³/mol. The first kappa shape index (κ1) is 9.80. The van der Waals surface area contributed by atoms with Gasteiger partial charge in [0, 0.05) is 23.5 Å². The molecule has 0 unspecified atom stereocenters. The van der Waals surface area contributed by atoms with E-state index in [4.69, 9.17) is 16.5 Å². The molecule has 0 atom stereocenters. The molecule has 0 spiro atoms. The van der Waals surface area contributed by atoms with E-state index in [0.29, 0.717) is 12.4 Å². The Balaban J connectivity index is 2.74. The van der Waals surface area contributed by atoms with Crippen LogP contribution in [-0.2, 0) is 4.74 Å². The summed E-state index contributed by atoms with van der Waals surface area (Å²) < 4.78 is 5.03. The highest BCUT2D eigenvalue weighted by atomic mass is 35.5. The second-order valence-corrected chi connectivity index (χ2v) is 2.37. The Morgan fingerprint density at radius 2 is 2.54 bits per heavy atom. The van der Waals surface area contributed by atoms with Gasteiger partial charge >= 0.3 is 0 Å². The molecule has 1 N–H and O–H groups in total. The van der Waals surface area contributed by atoms with E-state index in [-0.39, 0.29) is 0 Å². The van der Waals surface area contributed by atoms with Crippen molar-refractivity contribution in [3.8, 4) is 0 Å². The SMILES string of the molecule is CCOC=Cc1cncnc1NCl. The zero-order chi connectivity index (χ0) is 9.52. The van der Waals surface area contributed by atoms with Gasteiger partial charge in [0.05, 0.1) is 12.9 Å². The van der Waals surface area contributed by atoms with Crippen LogP contribution in [0, 0.1) is 0 Å². The van der Waals surface area contributed by atoms with Gasteiger partial charge in [-0.1, -0.05) is 0 Å². The molecule has 5 heteroatoms. The summed E-state index contributed by atoms with van der Waals surface area (Å²) in [7, 11) is 0. The average Bonchev–Trinajstić information content (AvgIpc) is 2.19. The van der Waals surface area contributed by atoms with Crippen LogP contribution >= 0.6 is 11.8 Å². The van der Waals surface area contributed by atoms with Crippen molar-refractivity contribution in [1.29, 1.82) is 0 Å². The molecule has 0 aliphatic carbocycles. The normalized spacial score (nSPS) is 10.3. The van der Waals surface area contributed by atoms with Crippen LogP contribution in [0.1, 0.15) is 12.5 Å². The summed E-state index contributed by atoms with van der Waals surface area (Å²) >= 11 is 5.43. The maximum absolute atomic E-state index is 5.43. The molecule has 0 fully saturated rings. The second-order valence-electron chi connectivity index (χ2n) is 2.18. The van der Waals surface area contributed by atoms with Crippen molar-refractivity contribution in [3.05, 3.63) is 24.3 Å². The van der Waals surface area contributed by atoms with Crippen LogP contribution in [0.15, 0.2) is 18.8 Å². The summed E-state index contributed by atoms with van der Waals surface area (Å²) in [5, 5.41) is 0.